The van der Waals surface area contributed by atoms with E-state index in [0.717, 1.165) is 60.8 Å². The topological polar surface area (TPSA) is 105 Å². The van der Waals surface area contributed by atoms with Gasteiger partial charge in [-0.3, -0.25) is 0 Å². The van der Waals surface area contributed by atoms with E-state index in [2.05, 4.69) is 37.0 Å². The van der Waals surface area contributed by atoms with Crippen molar-refractivity contribution in [3.63, 3.8) is 0 Å². The lowest BCUT2D eigenvalue weighted by Crippen LogP contribution is -2.17. The first kappa shape index (κ1) is 21.0. The standard InChI is InChI=1S/C26H28N6O2/c27-22-6-4-5-18-15-19(10-13-21(18)22)26-28-25(31-34-26)17-8-11-20(12-9-17)33-16-24-30-29-23-7-2-1-3-14-32(23)24/h8-13,15,22H,1-7,14,16,27H2. The van der Waals surface area contributed by atoms with Gasteiger partial charge in [0.15, 0.2) is 5.82 Å². The molecule has 174 valence electrons. The highest BCUT2D eigenvalue weighted by Gasteiger charge is 2.19. The van der Waals surface area contributed by atoms with Crippen molar-refractivity contribution in [3.05, 3.63) is 65.2 Å². The van der Waals surface area contributed by atoms with Crippen LogP contribution < -0.4 is 10.5 Å². The van der Waals surface area contributed by atoms with Gasteiger partial charge in [0, 0.05) is 30.1 Å². The first-order valence-corrected chi connectivity index (χ1v) is 12.1. The average molecular weight is 457 g/mol. The minimum Gasteiger partial charge on any atom is -0.486 e. The van der Waals surface area contributed by atoms with Crippen molar-refractivity contribution in [1.29, 1.82) is 0 Å². The van der Waals surface area contributed by atoms with Crippen LogP contribution >= 0.6 is 0 Å². The molecule has 34 heavy (non-hydrogen) atoms. The summed E-state index contributed by atoms with van der Waals surface area (Å²) < 4.78 is 13.8. The highest BCUT2D eigenvalue weighted by atomic mass is 16.5. The van der Waals surface area contributed by atoms with E-state index >= 15 is 0 Å². The molecule has 0 radical (unpaired) electrons. The third-order valence-electron chi connectivity index (χ3n) is 6.84. The van der Waals surface area contributed by atoms with Crippen LogP contribution in [0.3, 0.4) is 0 Å². The van der Waals surface area contributed by atoms with Crippen LogP contribution in [0.15, 0.2) is 47.0 Å². The molecule has 4 aromatic rings. The maximum Gasteiger partial charge on any atom is 0.258 e. The highest BCUT2D eigenvalue weighted by Crippen LogP contribution is 2.32. The number of ether oxygens (including phenoxy) is 1. The predicted molar refractivity (Wildman–Crippen MR) is 127 cm³/mol. The number of fused-ring (bicyclic) bond motifs is 2. The van der Waals surface area contributed by atoms with E-state index in [0.29, 0.717) is 18.3 Å². The van der Waals surface area contributed by atoms with Crippen LogP contribution in [-0.4, -0.2) is 24.9 Å². The van der Waals surface area contributed by atoms with Crippen LogP contribution in [-0.2, 0) is 26.0 Å². The molecule has 1 aliphatic heterocycles. The van der Waals surface area contributed by atoms with Crippen molar-refractivity contribution in [1.82, 2.24) is 24.9 Å². The Hall–Kier alpha value is -3.52. The number of aryl methyl sites for hydroxylation is 2. The number of aromatic nitrogens is 5. The Balaban J connectivity index is 1.14. The molecular weight excluding hydrogens is 428 g/mol. The summed E-state index contributed by atoms with van der Waals surface area (Å²) in [6.07, 6.45) is 7.77. The van der Waals surface area contributed by atoms with Crippen molar-refractivity contribution in [2.75, 3.05) is 0 Å². The zero-order chi connectivity index (χ0) is 22.9. The van der Waals surface area contributed by atoms with Gasteiger partial charge in [-0.2, -0.15) is 4.98 Å². The molecule has 0 spiro atoms. The molecule has 6 rings (SSSR count). The highest BCUT2D eigenvalue weighted by molar-refractivity contribution is 5.61. The Bertz CT molecular complexity index is 1290. The van der Waals surface area contributed by atoms with Gasteiger partial charge >= 0.3 is 0 Å². The third-order valence-corrected chi connectivity index (χ3v) is 6.84. The number of nitrogens with zero attached hydrogens (tertiary/aromatic N) is 5. The van der Waals surface area contributed by atoms with Crippen LogP contribution in [0.1, 0.15) is 60.9 Å². The van der Waals surface area contributed by atoms with Crippen molar-refractivity contribution in [3.8, 4) is 28.6 Å². The zero-order valence-corrected chi connectivity index (χ0v) is 19.1. The summed E-state index contributed by atoms with van der Waals surface area (Å²) in [5.74, 6) is 3.80. The zero-order valence-electron chi connectivity index (χ0n) is 19.1. The molecule has 2 aliphatic rings. The van der Waals surface area contributed by atoms with Crippen molar-refractivity contribution >= 4 is 0 Å². The van der Waals surface area contributed by atoms with Gasteiger partial charge < -0.3 is 19.6 Å². The van der Waals surface area contributed by atoms with Crippen molar-refractivity contribution in [2.24, 2.45) is 5.73 Å². The SMILES string of the molecule is NC1CCCc2cc(-c3nc(-c4ccc(OCc5nnc6n5CCCCC6)cc4)no3)ccc21. The summed E-state index contributed by atoms with van der Waals surface area (Å²) in [6.45, 7) is 1.37. The molecule has 8 nitrogen and oxygen atoms in total. The van der Waals surface area contributed by atoms with Crippen LogP contribution in [0.5, 0.6) is 5.75 Å². The molecule has 2 aromatic heterocycles. The minimum atomic E-state index is 0.122. The van der Waals surface area contributed by atoms with E-state index in [1.54, 1.807) is 0 Å². The number of benzene rings is 2. The molecule has 1 unspecified atom stereocenters. The number of rotatable bonds is 5. The van der Waals surface area contributed by atoms with Gasteiger partial charge in [0.2, 0.25) is 5.82 Å². The fourth-order valence-electron chi connectivity index (χ4n) is 4.94. The van der Waals surface area contributed by atoms with Crippen LogP contribution in [0.2, 0.25) is 0 Å². The molecule has 8 heteroatoms. The molecule has 3 heterocycles. The summed E-state index contributed by atoms with van der Waals surface area (Å²) in [5, 5.41) is 12.9. The van der Waals surface area contributed by atoms with Crippen molar-refractivity contribution in [2.45, 2.75) is 64.1 Å². The second-order valence-electron chi connectivity index (χ2n) is 9.14. The first-order chi connectivity index (χ1) is 16.7. The molecular formula is C26H28N6O2. The molecule has 0 amide bonds. The Morgan fingerprint density at radius 3 is 2.76 bits per heavy atom. The molecule has 0 bridgehead atoms. The van der Waals surface area contributed by atoms with E-state index in [1.807, 2.05) is 30.3 Å². The molecule has 1 aliphatic carbocycles. The summed E-state index contributed by atoms with van der Waals surface area (Å²) in [5.41, 5.74) is 10.6. The van der Waals surface area contributed by atoms with Crippen LogP contribution in [0.4, 0.5) is 0 Å². The Labute approximate surface area is 198 Å². The van der Waals surface area contributed by atoms with E-state index in [1.165, 1.54) is 30.4 Å². The van der Waals surface area contributed by atoms with Crippen LogP contribution in [0, 0.1) is 0 Å². The van der Waals surface area contributed by atoms with Crippen LogP contribution in [0.25, 0.3) is 22.8 Å². The van der Waals surface area contributed by atoms with Gasteiger partial charge in [-0.25, -0.2) is 0 Å². The van der Waals surface area contributed by atoms with Gasteiger partial charge in [0.1, 0.15) is 18.2 Å². The fraction of sp³-hybridized carbons (Fsp3) is 0.385. The predicted octanol–water partition coefficient (Wildman–Crippen LogP) is 4.64. The Morgan fingerprint density at radius 1 is 0.971 bits per heavy atom. The summed E-state index contributed by atoms with van der Waals surface area (Å²) in [4.78, 5) is 4.62. The molecule has 1 atom stereocenters. The number of nitrogens with two attached hydrogens (primary N) is 1. The lowest BCUT2D eigenvalue weighted by Gasteiger charge is -2.22. The van der Waals surface area contributed by atoms with Gasteiger partial charge in [-0.05, 0) is 79.6 Å². The molecule has 0 fully saturated rings. The quantitative estimate of drug-likeness (QED) is 0.466. The van der Waals surface area contributed by atoms with Gasteiger partial charge in [0.05, 0.1) is 0 Å². The first-order valence-electron chi connectivity index (χ1n) is 12.1. The minimum absolute atomic E-state index is 0.122. The lowest BCUT2D eigenvalue weighted by molar-refractivity contribution is 0.288. The second-order valence-corrected chi connectivity index (χ2v) is 9.14. The maximum atomic E-state index is 6.24. The third kappa shape index (κ3) is 4.09. The largest absolute Gasteiger partial charge is 0.486 e. The number of hydrogen-bond acceptors (Lipinski definition) is 7. The van der Waals surface area contributed by atoms with E-state index in [9.17, 15) is 0 Å². The summed E-state index contributed by atoms with van der Waals surface area (Å²) >= 11 is 0. The molecule has 2 aromatic carbocycles. The lowest BCUT2D eigenvalue weighted by atomic mass is 9.87. The van der Waals surface area contributed by atoms with Crippen molar-refractivity contribution < 1.29 is 9.26 Å². The van der Waals surface area contributed by atoms with Gasteiger partial charge in [-0.15, -0.1) is 10.2 Å². The van der Waals surface area contributed by atoms with E-state index < -0.39 is 0 Å². The van der Waals surface area contributed by atoms with Gasteiger partial charge in [-0.1, -0.05) is 17.6 Å². The molecule has 0 saturated carbocycles. The maximum absolute atomic E-state index is 6.24. The normalized spacial score (nSPS) is 17.6. The summed E-state index contributed by atoms with van der Waals surface area (Å²) in [6, 6.07) is 14.1. The Morgan fingerprint density at radius 2 is 1.85 bits per heavy atom. The molecule has 0 saturated heterocycles. The molecule has 2 N–H and O–H groups in total. The van der Waals surface area contributed by atoms with E-state index in [-0.39, 0.29) is 6.04 Å². The van der Waals surface area contributed by atoms with E-state index in [4.69, 9.17) is 15.0 Å². The fourth-order valence-corrected chi connectivity index (χ4v) is 4.94. The van der Waals surface area contributed by atoms with Gasteiger partial charge in [0.25, 0.3) is 5.89 Å². The summed E-state index contributed by atoms with van der Waals surface area (Å²) in [7, 11) is 0. The number of hydrogen-bond donors (Lipinski definition) is 1. The second kappa shape index (κ2) is 9.02. The average Bonchev–Trinajstić information content (AvgIpc) is 3.44. The Kier molecular flexibility index (Phi) is 5.58. The smallest absolute Gasteiger partial charge is 0.258 e. The monoisotopic (exact) mass is 456 g/mol.